The molecule has 0 bridgehead atoms. The van der Waals surface area contributed by atoms with Crippen molar-refractivity contribution in [2.75, 3.05) is 38.6 Å². The number of morpholine rings is 1. The van der Waals surface area contributed by atoms with Gasteiger partial charge in [-0.1, -0.05) is 0 Å². The maximum absolute atomic E-state index is 12.0. The summed E-state index contributed by atoms with van der Waals surface area (Å²) in [7, 11) is -3.44. The third kappa shape index (κ3) is 4.52. The summed E-state index contributed by atoms with van der Waals surface area (Å²) in [5, 5.41) is 0. The molecule has 1 atom stereocenters. The molecule has 0 spiro atoms. The molecule has 1 heterocycles. The first-order valence-electron chi connectivity index (χ1n) is 5.94. The van der Waals surface area contributed by atoms with E-state index in [-0.39, 0.29) is 38.0 Å². The van der Waals surface area contributed by atoms with Crippen LogP contribution >= 0.6 is 0 Å². The van der Waals surface area contributed by atoms with Crippen LogP contribution in [0.1, 0.15) is 13.3 Å². The molecule has 1 unspecified atom stereocenters. The molecule has 0 aromatic rings. The van der Waals surface area contributed by atoms with Gasteiger partial charge in [0.05, 0.1) is 31.5 Å². The highest BCUT2D eigenvalue weighted by Crippen LogP contribution is 2.11. The molecule has 0 radical (unpaired) electrons. The van der Waals surface area contributed by atoms with Crippen LogP contribution in [0.2, 0.25) is 0 Å². The van der Waals surface area contributed by atoms with Gasteiger partial charge in [0.1, 0.15) is 0 Å². The SMILES string of the molecule is CCOC(=O)CCS(=O)(=O)N1CCOC(CN)C1. The molecule has 7 nitrogen and oxygen atoms in total. The Bertz CT molecular complexity index is 370. The minimum Gasteiger partial charge on any atom is -0.466 e. The fourth-order valence-electron chi connectivity index (χ4n) is 1.66. The van der Waals surface area contributed by atoms with Crippen molar-refractivity contribution in [2.45, 2.75) is 19.4 Å². The van der Waals surface area contributed by atoms with Crippen molar-refractivity contribution >= 4 is 16.0 Å². The van der Waals surface area contributed by atoms with Crippen molar-refractivity contribution in [2.24, 2.45) is 5.73 Å². The van der Waals surface area contributed by atoms with E-state index < -0.39 is 16.0 Å². The van der Waals surface area contributed by atoms with Crippen LogP contribution in [-0.2, 0) is 24.3 Å². The van der Waals surface area contributed by atoms with Crippen LogP contribution in [0, 0.1) is 0 Å². The molecule has 1 rings (SSSR count). The third-order valence-electron chi connectivity index (χ3n) is 2.63. The second kappa shape index (κ2) is 7.03. The Morgan fingerprint density at radius 2 is 2.28 bits per heavy atom. The monoisotopic (exact) mass is 280 g/mol. The first kappa shape index (κ1) is 15.4. The summed E-state index contributed by atoms with van der Waals surface area (Å²) in [5.74, 6) is -0.729. The lowest BCUT2D eigenvalue weighted by Gasteiger charge is -2.31. The second-order valence-corrected chi connectivity index (χ2v) is 6.05. The lowest BCUT2D eigenvalue weighted by Crippen LogP contribution is -2.48. The van der Waals surface area contributed by atoms with Gasteiger partial charge in [0.25, 0.3) is 0 Å². The van der Waals surface area contributed by atoms with Crippen molar-refractivity contribution in [1.82, 2.24) is 4.31 Å². The van der Waals surface area contributed by atoms with E-state index >= 15 is 0 Å². The van der Waals surface area contributed by atoms with Crippen LogP contribution in [0.4, 0.5) is 0 Å². The topological polar surface area (TPSA) is 98.9 Å². The fourth-order valence-corrected chi connectivity index (χ4v) is 3.09. The summed E-state index contributed by atoms with van der Waals surface area (Å²) in [6.07, 6.45) is -0.392. The van der Waals surface area contributed by atoms with Crippen LogP contribution in [0.5, 0.6) is 0 Å². The van der Waals surface area contributed by atoms with Crippen LogP contribution in [-0.4, -0.2) is 63.4 Å². The normalized spacial score (nSPS) is 21.8. The second-order valence-electron chi connectivity index (χ2n) is 3.96. The van der Waals surface area contributed by atoms with Gasteiger partial charge in [-0.15, -0.1) is 0 Å². The number of carbonyl (C=O) groups is 1. The Hall–Kier alpha value is -0.700. The van der Waals surface area contributed by atoms with Gasteiger partial charge in [0.2, 0.25) is 10.0 Å². The van der Waals surface area contributed by atoms with E-state index in [4.69, 9.17) is 15.2 Å². The van der Waals surface area contributed by atoms with Crippen molar-refractivity contribution in [1.29, 1.82) is 0 Å². The van der Waals surface area contributed by atoms with Gasteiger partial charge >= 0.3 is 5.97 Å². The standard InChI is InChI=1S/C10H20N2O5S/c1-2-16-10(13)3-6-18(14,15)12-4-5-17-9(7-11)8-12/h9H,2-8,11H2,1H3. The number of esters is 1. The average Bonchev–Trinajstić information content (AvgIpc) is 2.37. The molecule has 8 heteroatoms. The highest BCUT2D eigenvalue weighted by atomic mass is 32.2. The van der Waals surface area contributed by atoms with Gasteiger partial charge in [0, 0.05) is 19.6 Å². The molecule has 1 aliphatic heterocycles. The van der Waals surface area contributed by atoms with Gasteiger partial charge < -0.3 is 15.2 Å². The Balaban J connectivity index is 2.49. The fraction of sp³-hybridized carbons (Fsp3) is 0.900. The minimum absolute atomic E-state index is 0.124. The van der Waals surface area contributed by atoms with E-state index in [1.165, 1.54) is 4.31 Å². The predicted octanol–water partition coefficient (Wildman–Crippen LogP) is -1.07. The van der Waals surface area contributed by atoms with E-state index in [1.807, 2.05) is 0 Å². The van der Waals surface area contributed by atoms with Crippen molar-refractivity contribution < 1.29 is 22.7 Å². The molecule has 1 saturated heterocycles. The zero-order chi connectivity index (χ0) is 13.6. The lowest BCUT2D eigenvalue weighted by atomic mass is 10.3. The maximum Gasteiger partial charge on any atom is 0.306 e. The minimum atomic E-state index is -3.44. The number of ether oxygens (including phenoxy) is 2. The molecular weight excluding hydrogens is 260 g/mol. The molecule has 1 fully saturated rings. The summed E-state index contributed by atoms with van der Waals surface area (Å²) in [4.78, 5) is 11.1. The molecule has 0 amide bonds. The molecule has 2 N–H and O–H groups in total. The number of sulfonamides is 1. The highest BCUT2D eigenvalue weighted by molar-refractivity contribution is 7.89. The van der Waals surface area contributed by atoms with Gasteiger partial charge in [-0.25, -0.2) is 8.42 Å². The molecule has 1 aliphatic rings. The number of hydrogen-bond donors (Lipinski definition) is 1. The first-order chi connectivity index (χ1) is 8.49. The smallest absolute Gasteiger partial charge is 0.306 e. The van der Waals surface area contributed by atoms with Gasteiger partial charge in [-0.05, 0) is 6.92 Å². The number of carbonyl (C=O) groups excluding carboxylic acids is 1. The Morgan fingerprint density at radius 3 is 2.89 bits per heavy atom. The molecule has 0 saturated carbocycles. The number of hydrogen-bond acceptors (Lipinski definition) is 6. The van der Waals surface area contributed by atoms with Crippen LogP contribution in [0.15, 0.2) is 0 Å². The summed E-state index contributed by atoms with van der Waals surface area (Å²) in [5.41, 5.74) is 5.45. The van der Waals surface area contributed by atoms with Gasteiger partial charge in [-0.3, -0.25) is 4.79 Å². The van der Waals surface area contributed by atoms with E-state index in [0.29, 0.717) is 13.2 Å². The summed E-state index contributed by atoms with van der Waals surface area (Å²) < 4.78 is 35.3. The maximum atomic E-state index is 12.0. The Labute approximate surface area is 107 Å². The van der Waals surface area contributed by atoms with E-state index in [2.05, 4.69) is 0 Å². The van der Waals surface area contributed by atoms with Crippen molar-refractivity contribution in [3.8, 4) is 0 Å². The first-order valence-corrected chi connectivity index (χ1v) is 7.55. The molecule has 0 aliphatic carbocycles. The third-order valence-corrected chi connectivity index (χ3v) is 4.47. The van der Waals surface area contributed by atoms with Gasteiger partial charge in [-0.2, -0.15) is 4.31 Å². The summed E-state index contributed by atoms with van der Waals surface area (Å²) >= 11 is 0. The molecule has 18 heavy (non-hydrogen) atoms. The zero-order valence-corrected chi connectivity index (χ0v) is 11.3. The van der Waals surface area contributed by atoms with E-state index in [0.717, 1.165) is 0 Å². The largest absolute Gasteiger partial charge is 0.466 e. The van der Waals surface area contributed by atoms with E-state index in [9.17, 15) is 13.2 Å². The van der Waals surface area contributed by atoms with Crippen LogP contribution in [0.25, 0.3) is 0 Å². The van der Waals surface area contributed by atoms with Crippen LogP contribution in [0.3, 0.4) is 0 Å². The zero-order valence-electron chi connectivity index (χ0n) is 10.5. The van der Waals surface area contributed by atoms with Crippen LogP contribution < -0.4 is 5.73 Å². The lowest BCUT2D eigenvalue weighted by molar-refractivity contribution is -0.142. The summed E-state index contributed by atoms with van der Waals surface area (Å²) in [6.45, 7) is 3.11. The number of nitrogens with zero attached hydrogens (tertiary/aromatic N) is 1. The average molecular weight is 280 g/mol. The van der Waals surface area contributed by atoms with E-state index in [1.54, 1.807) is 6.92 Å². The predicted molar refractivity (Wildman–Crippen MR) is 65.4 cm³/mol. The molecule has 0 aromatic heterocycles. The number of nitrogens with two attached hydrogens (primary N) is 1. The highest BCUT2D eigenvalue weighted by Gasteiger charge is 2.29. The molecular formula is C10H20N2O5S. The Kier molecular flexibility index (Phi) is 6.00. The molecule has 106 valence electrons. The number of rotatable bonds is 6. The summed E-state index contributed by atoms with van der Waals surface area (Å²) in [6, 6.07) is 0. The molecule has 0 aromatic carbocycles. The quantitative estimate of drug-likeness (QED) is 0.622. The van der Waals surface area contributed by atoms with Gasteiger partial charge in [0.15, 0.2) is 0 Å². The van der Waals surface area contributed by atoms with Crippen molar-refractivity contribution in [3.05, 3.63) is 0 Å². The Morgan fingerprint density at radius 1 is 1.56 bits per heavy atom. The van der Waals surface area contributed by atoms with Crippen molar-refractivity contribution in [3.63, 3.8) is 0 Å².